The molecule has 5 heteroatoms. The van der Waals surface area contributed by atoms with E-state index in [2.05, 4.69) is 11.2 Å². The second-order valence-corrected chi connectivity index (χ2v) is 4.49. The summed E-state index contributed by atoms with van der Waals surface area (Å²) in [5.74, 6) is 1.19. The minimum atomic E-state index is -1.10. The molecule has 100 valence electrons. The fourth-order valence-electron chi connectivity index (χ4n) is 2.05. The molecule has 0 spiro atoms. The smallest absolute Gasteiger partial charge is 0.327 e. The molecule has 1 unspecified atom stereocenters. The predicted molar refractivity (Wildman–Crippen MR) is 65.8 cm³/mol. The number of carbonyl (C=O) groups excluding carboxylic acids is 1. The van der Waals surface area contributed by atoms with Crippen molar-refractivity contribution in [2.75, 3.05) is 6.61 Å². The third kappa shape index (κ3) is 4.38. The maximum absolute atomic E-state index is 11.6. The van der Waals surface area contributed by atoms with Crippen LogP contribution in [-0.4, -0.2) is 35.7 Å². The summed E-state index contributed by atoms with van der Waals surface area (Å²) in [5.41, 5.74) is 0. The number of hydrogen-bond acceptors (Lipinski definition) is 3. The number of aliphatic carboxylic acids is 1. The molecule has 5 nitrogen and oxygen atoms in total. The van der Waals surface area contributed by atoms with Crippen LogP contribution in [0.25, 0.3) is 0 Å². The first-order valence-corrected chi connectivity index (χ1v) is 6.14. The van der Waals surface area contributed by atoms with Crippen LogP contribution in [0.2, 0.25) is 0 Å². The normalized spacial score (nSPS) is 23.6. The third-order valence-corrected chi connectivity index (χ3v) is 3.02. The number of nitrogens with one attached hydrogen (secondary N) is 1. The Morgan fingerprint density at radius 2 is 2.22 bits per heavy atom. The highest BCUT2D eigenvalue weighted by Crippen LogP contribution is 2.32. The Hall–Kier alpha value is -1.54. The summed E-state index contributed by atoms with van der Waals surface area (Å²) in [6, 6.07) is -0.981. The Morgan fingerprint density at radius 3 is 2.72 bits per heavy atom. The number of carboxylic acid groups (broad SMARTS) is 1. The SMILES string of the molecule is C#CCC(NC(=O)CC1CC(OCC)C1)C(=O)O. The number of carboxylic acids is 1. The van der Waals surface area contributed by atoms with Crippen LogP contribution in [-0.2, 0) is 14.3 Å². The number of amides is 1. The van der Waals surface area contributed by atoms with E-state index >= 15 is 0 Å². The zero-order valence-electron chi connectivity index (χ0n) is 10.5. The fraction of sp³-hybridized carbons (Fsp3) is 0.692. The number of rotatable bonds is 7. The van der Waals surface area contributed by atoms with Gasteiger partial charge in [0, 0.05) is 19.4 Å². The minimum Gasteiger partial charge on any atom is -0.480 e. The van der Waals surface area contributed by atoms with Crippen molar-refractivity contribution >= 4 is 11.9 Å². The van der Waals surface area contributed by atoms with E-state index in [4.69, 9.17) is 16.3 Å². The van der Waals surface area contributed by atoms with Gasteiger partial charge in [0.1, 0.15) is 6.04 Å². The van der Waals surface area contributed by atoms with Crippen LogP contribution in [0.1, 0.15) is 32.6 Å². The van der Waals surface area contributed by atoms with Crippen LogP contribution in [0, 0.1) is 18.3 Å². The molecule has 0 aliphatic heterocycles. The molecule has 1 fully saturated rings. The Bertz CT molecular complexity index is 341. The van der Waals surface area contributed by atoms with E-state index in [9.17, 15) is 9.59 Å². The van der Waals surface area contributed by atoms with Crippen LogP contribution in [0.5, 0.6) is 0 Å². The molecular weight excluding hydrogens is 234 g/mol. The molecule has 1 amide bonds. The van der Waals surface area contributed by atoms with Crippen molar-refractivity contribution in [1.82, 2.24) is 5.32 Å². The van der Waals surface area contributed by atoms with Gasteiger partial charge in [-0.05, 0) is 25.7 Å². The molecule has 0 heterocycles. The van der Waals surface area contributed by atoms with Gasteiger partial charge in [0.25, 0.3) is 0 Å². The van der Waals surface area contributed by atoms with Crippen LogP contribution in [0.3, 0.4) is 0 Å². The van der Waals surface area contributed by atoms with Crippen molar-refractivity contribution in [3.63, 3.8) is 0 Å². The topological polar surface area (TPSA) is 75.6 Å². The van der Waals surface area contributed by atoms with Gasteiger partial charge in [0.15, 0.2) is 0 Å². The lowest BCUT2D eigenvalue weighted by molar-refractivity contribution is -0.142. The molecule has 0 aromatic heterocycles. The maximum atomic E-state index is 11.6. The first kappa shape index (κ1) is 14.5. The van der Waals surface area contributed by atoms with Gasteiger partial charge in [0.2, 0.25) is 5.91 Å². The minimum absolute atomic E-state index is 0.00725. The zero-order chi connectivity index (χ0) is 13.5. The Balaban J connectivity index is 2.26. The van der Waals surface area contributed by atoms with Gasteiger partial charge in [-0.15, -0.1) is 12.3 Å². The average Bonchev–Trinajstić information content (AvgIpc) is 2.25. The van der Waals surface area contributed by atoms with E-state index < -0.39 is 12.0 Å². The highest BCUT2D eigenvalue weighted by molar-refractivity contribution is 5.83. The van der Waals surface area contributed by atoms with Crippen molar-refractivity contribution in [2.45, 2.75) is 44.8 Å². The summed E-state index contributed by atoms with van der Waals surface area (Å²) in [6.45, 7) is 2.63. The van der Waals surface area contributed by atoms with Gasteiger partial charge in [-0.3, -0.25) is 4.79 Å². The first-order chi connectivity index (χ1) is 8.56. The highest BCUT2D eigenvalue weighted by Gasteiger charge is 2.31. The Labute approximate surface area is 107 Å². The standard InChI is InChI=1S/C13H19NO4/c1-3-5-11(13(16)17)14-12(15)8-9-6-10(7-9)18-4-2/h1,9-11H,4-8H2,2H3,(H,14,15)(H,16,17). The lowest BCUT2D eigenvalue weighted by Gasteiger charge is -2.34. The van der Waals surface area contributed by atoms with Crippen molar-refractivity contribution in [3.8, 4) is 12.3 Å². The molecule has 1 aliphatic carbocycles. The number of carbonyl (C=O) groups is 2. The number of hydrogen-bond donors (Lipinski definition) is 2. The lowest BCUT2D eigenvalue weighted by atomic mass is 9.80. The molecule has 1 saturated carbocycles. The van der Waals surface area contributed by atoms with Gasteiger partial charge >= 0.3 is 5.97 Å². The second kappa shape index (κ2) is 7.02. The van der Waals surface area contributed by atoms with Gasteiger partial charge in [-0.1, -0.05) is 0 Å². The molecule has 1 aliphatic rings. The zero-order valence-corrected chi connectivity index (χ0v) is 10.5. The predicted octanol–water partition coefficient (Wildman–Crippen LogP) is 0.784. The Morgan fingerprint density at radius 1 is 1.56 bits per heavy atom. The van der Waals surface area contributed by atoms with Gasteiger partial charge in [0.05, 0.1) is 6.10 Å². The van der Waals surface area contributed by atoms with E-state index in [1.807, 2.05) is 6.92 Å². The van der Waals surface area contributed by atoms with Gasteiger partial charge < -0.3 is 15.2 Å². The van der Waals surface area contributed by atoms with E-state index in [0.717, 1.165) is 12.8 Å². The summed E-state index contributed by atoms with van der Waals surface area (Å²) >= 11 is 0. The largest absolute Gasteiger partial charge is 0.480 e. The van der Waals surface area contributed by atoms with Crippen molar-refractivity contribution in [1.29, 1.82) is 0 Å². The van der Waals surface area contributed by atoms with Gasteiger partial charge in [-0.2, -0.15) is 0 Å². The second-order valence-electron chi connectivity index (χ2n) is 4.49. The van der Waals surface area contributed by atoms with Gasteiger partial charge in [-0.25, -0.2) is 4.79 Å². The van der Waals surface area contributed by atoms with E-state index in [0.29, 0.717) is 18.9 Å². The maximum Gasteiger partial charge on any atom is 0.327 e. The molecule has 0 bridgehead atoms. The molecule has 0 aromatic carbocycles. The van der Waals surface area contributed by atoms with Crippen molar-refractivity contribution in [2.24, 2.45) is 5.92 Å². The summed E-state index contributed by atoms with van der Waals surface area (Å²) in [7, 11) is 0. The summed E-state index contributed by atoms with van der Waals surface area (Å²) in [5, 5.41) is 11.3. The molecule has 18 heavy (non-hydrogen) atoms. The van der Waals surface area contributed by atoms with Crippen LogP contribution >= 0.6 is 0 Å². The quantitative estimate of drug-likeness (QED) is 0.658. The van der Waals surface area contributed by atoms with Crippen molar-refractivity contribution in [3.05, 3.63) is 0 Å². The van der Waals surface area contributed by atoms with Crippen LogP contribution in [0.15, 0.2) is 0 Å². The van der Waals surface area contributed by atoms with Crippen LogP contribution < -0.4 is 5.32 Å². The number of terminal acetylenes is 1. The van der Waals surface area contributed by atoms with Crippen molar-refractivity contribution < 1.29 is 19.4 Å². The lowest BCUT2D eigenvalue weighted by Crippen LogP contribution is -2.43. The van der Waals surface area contributed by atoms with E-state index in [1.54, 1.807) is 0 Å². The number of ether oxygens (including phenoxy) is 1. The molecular formula is C13H19NO4. The van der Waals surface area contributed by atoms with Crippen LogP contribution in [0.4, 0.5) is 0 Å². The van der Waals surface area contributed by atoms with E-state index in [1.165, 1.54) is 0 Å². The molecule has 0 radical (unpaired) electrons. The fourth-order valence-corrected chi connectivity index (χ4v) is 2.05. The summed E-state index contributed by atoms with van der Waals surface area (Å²) < 4.78 is 5.40. The molecule has 1 rings (SSSR count). The average molecular weight is 253 g/mol. The third-order valence-electron chi connectivity index (χ3n) is 3.02. The van der Waals surface area contributed by atoms with E-state index in [-0.39, 0.29) is 18.4 Å². The monoisotopic (exact) mass is 253 g/mol. The highest BCUT2D eigenvalue weighted by atomic mass is 16.5. The summed E-state index contributed by atoms with van der Waals surface area (Å²) in [4.78, 5) is 22.4. The molecule has 0 saturated heterocycles. The molecule has 0 aromatic rings. The summed E-state index contributed by atoms with van der Waals surface area (Å²) in [6.07, 6.45) is 7.40. The Kier molecular flexibility index (Phi) is 5.66. The molecule has 1 atom stereocenters. The molecule has 2 N–H and O–H groups in total. The first-order valence-electron chi connectivity index (χ1n) is 6.14.